The van der Waals surface area contributed by atoms with E-state index in [0.29, 0.717) is 0 Å². The van der Waals surface area contributed by atoms with Crippen molar-refractivity contribution in [1.29, 1.82) is 0 Å². The van der Waals surface area contributed by atoms with Crippen LogP contribution in [0.5, 0.6) is 0 Å². The monoisotopic (exact) mass is 362 g/mol. The van der Waals surface area contributed by atoms with Gasteiger partial charge in [0.05, 0.1) is 25.3 Å². The van der Waals surface area contributed by atoms with Crippen LogP contribution < -0.4 is 10.5 Å². The van der Waals surface area contributed by atoms with Crippen molar-refractivity contribution in [2.45, 2.75) is 19.6 Å². The first-order valence-corrected chi connectivity index (χ1v) is 11.0. The molecule has 0 aliphatic rings. The molecule has 0 unspecified atom stereocenters. The Balaban J connectivity index is 2.11. The molecule has 0 saturated carbocycles. The minimum Gasteiger partial charge on any atom is -0.475 e. The summed E-state index contributed by atoms with van der Waals surface area (Å²) in [4.78, 5) is 15.1. The van der Waals surface area contributed by atoms with Crippen LogP contribution in [0.2, 0.25) is 19.6 Å². The molecule has 2 aromatic heterocycles. The largest absolute Gasteiger partial charge is 0.475 e. The van der Waals surface area contributed by atoms with E-state index in [4.69, 9.17) is 4.42 Å². The van der Waals surface area contributed by atoms with Crippen LogP contribution in [-0.2, 0) is 0 Å². The van der Waals surface area contributed by atoms with Gasteiger partial charge in [0.2, 0.25) is 5.76 Å². The van der Waals surface area contributed by atoms with Gasteiger partial charge in [0.1, 0.15) is 11.5 Å². The number of nitrogens with one attached hydrogen (secondary N) is 1. The molecule has 3 rings (SSSR count). The van der Waals surface area contributed by atoms with Crippen LogP contribution in [-0.4, -0.2) is 24.1 Å². The molecule has 0 fully saturated rings. The predicted molar refractivity (Wildman–Crippen MR) is 93.6 cm³/mol. The molecule has 8 heteroatoms. The summed E-state index contributed by atoms with van der Waals surface area (Å²) in [5.74, 6) is -3.20. The number of aromatic carboxylic acids is 1. The molecular weight excluding hydrogens is 346 g/mol. The van der Waals surface area contributed by atoms with Gasteiger partial charge >= 0.3 is 5.97 Å². The van der Waals surface area contributed by atoms with Crippen LogP contribution in [0.4, 0.5) is 20.2 Å². The van der Waals surface area contributed by atoms with E-state index < -0.39 is 31.4 Å². The van der Waals surface area contributed by atoms with Gasteiger partial charge in [-0.2, -0.15) is 0 Å². The van der Waals surface area contributed by atoms with Crippen molar-refractivity contribution in [2.75, 3.05) is 5.32 Å². The number of nitrogens with zero attached hydrogens (tertiary/aromatic N) is 1. The summed E-state index contributed by atoms with van der Waals surface area (Å²) < 4.78 is 33.4. The van der Waals surface area contributed by atoms with Crippen molar-refractivity contribution in [3.63, 3.8) is 0 Å². The zero-order chi connectivity index (χ0) is 18.4. The minimum atomic E-state index is -1.69. The summed E-state index contributed by atoms with van der Waals surface area (Å²) in [5, 5.41) is 13.1. The van der Waals surface area contributed by atoms with Crippen LogP contribution >= 0.6 is 0 Å². The van der Waals surface area contributed by atoms with Gasteiger partial charge in [-0.3, -0.25) is 4.98 Å². The van der Waals surface area contributed by atoms with Gasteiger partial charge < -0.3 is 14.8 Å². The number of fused-ring (bicyclic) bond motifs is 1. The molecule has 5 nitrogen and oxygen atoms in total. The van der Waals surface area contributed by atoms with E-state index in [1.807, 2.05) is 0 Å². The fourth-order valence-corrected chi connectivity index (χ4v) is 3.62. The SMILES string of the molecule is C[Si](C)(C)c1ccc(Nc2c(C(=O)O)oc3c(F)cncc23)c(F)c1. The van der Waals surface area contributed by atoms with E-state index in [9.17, 15) is 18.7 Å². The summed E-state index contributed by atoms with van der Waals surface area (Å²) in [5.41, 5.74) is -0.195. The average Bonchev–Trinajstić information content (AvgIpc) is 2.89. The molecule has 0 aliphatic carbocycles. The lowest BCUT2D eigenvalue weighted by atomic mass is 10.2. The molecule has 0 amide bonds. The quantitative estimate of drug-likeness (QED) is 0.684. The Hall–Kier alpha value is -2.74. The molecule has 2 N–H and O–H groups in total. The molecule has 130 valence electrons. The second-order valence-corrected chi connectivity index (χ2v) is 11.8. The predicted octanol–water partition coefficient (Wildman–Crippen LogP) is 4.09. The normalized spacial score (nSPS) is 11.7. The highest BCUT2D eigenvalue weighted by atomic mass is 28.3. The minimum absolute atomic E-state index is 0.0332. The van der Waals surface area contributed by atoms with E-state index >= 15 is 0 Å². The number of anilines is 2. The second kappa shape index (κ2) is 5.96. The highest BCUT2D eigenvalue weighted by molar-refractivity contribution is 6.88. The first-order chi connectivity index (χ1) is 11.7. The first kappa shape index (κ1) is 17.1. The number of hydrogen-bond donors (Lipinski definition) is 2. The number of pyridine rings is 1. The zero-order valence-corrected chi connectivity index (χ0v) is 14.9. The maximum atomic E-state index is 14.5. The fourth-order valence-electron chi connectivity index (χ4n) is 2.47. The van der Waals surface area contributed by atoms with Crippen LogP contribution in [0.15, 0.2) is 35.0 Å². The Morgan fingerprint density at radius 2 is 1.92 bits per heavy atom. The van der Waals surface area contributed by atoms with Gasteiger partial charge in [-0.25, -0.2) is 13.6 Å². The molecule has 25 heavy (non-hydrogen) atoms. The Morgan fingerprint density at radius 1 is 1.20 bits per heavy atom. The highest BCUT2D eigenvalue weighted by Crippen LogP contribution is 2.34. The Labute approximate surface area is 143 Å². The van der Waals surface area contributed by atoms with Crippen molar-refractivity contribution in [1.82, 2.24) is 4.98 Å². The van der Waals surface area contributed by atoms with Gasteiger partial charge in [-0.1, -0.05) is 30.9 Å². The van der Waals surface area contributed by atoms with Gasteiger partial charge in [-0.15, -0.1) is 0 Å². The summed E-state index contributed by atoms with van der Waals surface area (Å²) >= 11 is 0. The topological polar surface area (TPSA) is 75.4 Å². The number of aromatic nitrogens is 1. The van der Waals surface area contributed by atoms with Gasteiger partial charge in [-0.05, 0) is 12.1 Å². The number of furan rings is 1. The smallest absolute Gasteiger partial charge is 0.374 e. The molecule has 1 aromatic carbocycles. The number of rotatable bonds is 4. The standard InChI is InChI=1S/C17H16F2N2O3Si/c1-25(2,3)9-4-5-13(11(18)6-9)21-14-10-7-20-8-12(19)15(10)24-16(14)17(22)23/h4-8,21H,1-3H3,(H,22,23). The molecule has 0 atom stereocenters. The molecule has 0 radical (unpaired) electrons. The molecule has 0 aliphatic heterocycles. The number of benzene rings is 1. The van der Waals surface area contributed by atoms with Crippen LogP contribution in [0.3, 0.4) is 0 Å². The summed E-state index contributed by atoms with van der Waals surface area (Å²) in [6, 6.07) is 4.79. The zero-order valence-electron chi connectivity index (χ0n) is 13.9. The molecular formula is C17H16F2N2O3Si. The first-order valence-electron chi connectivity index (χ1n) is 7.55. The number of halogens is 2. The Morgan fingerprint density at radius 3 is 2.52 bits per heavy atom. The number of carboxylic acid groups (broad SMARTS) is 1. The van der Waals surface area contributed by atoms with E-state index in [-0.39, 0.29) is 22.3 Å². The molecule has 0 bridgehead atoms. The number of carboxylic acids is 1. The Kier molecular flexibility index (Phi) is 4.07. The average molecular weight is 362 g/mol. The van der Waals surface area contributed by atoms with Crippen LogP contribution in [0.1, 0.15) is 10.6 Å². The summed E-state index contributed by atoms with van der Waals surface area (Å²) in [6.07, 6.45) is 2.19. The van der Waals surface area contributed by atoms with E-state index in [1.165, 1.54) is 12.3 Å². The lowest BCUT2D eigenvalue weighted by Crippen LogP contribution is -2.37. The molecule has 3 aromatic rings. The summed E-state index contributed by atoms with van der Waals surface area (Å²) in [7, 11) is -1.69. The van der Waals surface area contributed by atoms with Gasteiger partial charge in [0.15, 0.2) is 11.4 Å². The maximum absolute atomic E-state index is 14.5. The third kappa shape index (κ3) is 3.12. The van der Waals surface area contributed by atoms with Crippen LogP contribution in [0.25, 0.3) is 11.0 Å². The lowest BCUT2D eigenvalue weighted by molar-refractivity contribution is 0.0666. The van der Waals surface area contributed by atoms with Crippen molar-refractivity contribution >= 4 is 41.6 Å². The lowest BCUT2D eigenvalue weighted by Gasteiger charge is -2.17. The van der Waals surface area contributed by atoms with Crippen molar-refractivity contribution in [3.05, 3.63) is 48.0 Å². The molecule has 0 spiro atoms. The third-order valence-electron chi connectivity index (χ3n) is 3.84. The van der Waals surface area contributed by atoms with E-state index in [2.05, 4.69) is 29.9 Å². The molecule has 2 heterocycles. The van der Waals surface area contributed by atoms with E-state index in [1.54, 1.807) is 12.1 Å². The highest BCUT2D eigenvalue weighted by Gasteiger charge is 2.24. The second-order valence-electron chi connectivity index (χ2n) is 6.68. The van der Waals surface area contributed by atoms with Crippen molar-refractivity contribution in [2.24, 2.45) is 0 Å². The number of hydrogen-bond acceptors (Lipinski definition) is 4. The summed E-state index contributed by atoms with van der Waals surface area (Å²) in [6.45, 7) is 6.28. The van der Waals surface area contributed by atoms with Crippen molar-refractivity contribution < 1.29 is 23.1 Å². The fraction of sp³-hybridized carbons (Fsp3) is 0.176. The third-order valence-corrected chi connectivity index (χ3v) is 5.89. The number of carbonyl (C=O) groups is 1. The maximum Gasteiger partial charge on any atom is 0.374 e. The van der Waals surface area contributed by atoms with E-state index in [0.717, 1.165) is 11.4 Å². The Bertz CT molecular complexity index is 980. The van der Waals surface area contributed by atoms with Crippen LogP contribution in [0, 0.1) is 11.6 Å². The van der Waals surface area contributed by atoms with Gasteiger partial charge in [0, 0.05) is 6.20 Å². The van der Waals surface area contributed by atoms with Crippen molar-refractivity contribution in [3.8, 4) is 0 Å². The molecule has 0 saturated heterocycles. The van der Waals surface area contributed by atoms with Gasteiger partial charge in [0.25, 0.3) is 0 Å².